The number of hydrogen-bond donors (Lipinski definition) is 2. The van der Waals surface area contributed by atoms with Gasteiger partial charge in [-0.1, -0.05) is 0 Å². The average Bonchev–Trinajstić information content (AvgIpc) is 2.27. The largest absolute Gasteiger partial charge is 0.393 e. The first-order valence-electron chi connectivity index (χ1n) is 5.76. The average molecular weight is 222 g/mol. The Kier molecular flexibility index (Phi) is 3.29. The maximum absolute atomic E-state index is 11.2. The van der Waals surface area contributed by atoms with Crippen LogP contribution in [0.5, 0.6) is 0 Å². The Bertz CT molecular complexity index is 406. The van der Waals surface area contributed by atoms with E-state index in [1.165, 1.54) is 0 Å². The fraction of sp³-hybridized carbons (Fsp3) is 0.583. The predicted octanol–water partition coefficient (Wildman–Crippen LogP) is 1.10. The van der Waals surface area contributed by atoms with Crippen LogP contribution in [0, 0.1) is 0 Å². The fourth-order valence-electron chi connectivity index (χ4n) is 2.14. The molecule has 1 fully saturated rings. The highest BCUT2D eigenvalue weighted by atomic mass is 16.3. The minimum absolute atomic E-state index is 0.00427. The third kappa shape index (κ3) is 2.64. The molecule has 0 saturated heterocycles. The van der Waals surface area contributed by atoms with Crippen LogP contribution >= 0.6 is 0 Å². The van der Waals surface area contributed by atoms with Gasteiger partial charge in [-0.25, -0.2) is 0 Å². The molecule has 1 aromatic rings. The number of aliphatic hydroxyl groups excluding tert-OH is 1. The number of nitrogens with one attached hydrogen (secondary N) is 1. The zero-order chi connectivity index (χ0) is 11.5. The SMILES string of the molecule is Cn1cc(NC2CCC(O)CC2)ccc1=O. The zero-order valence-corrected chi connectivity index (χ0v) is 9.52. The minimum atomic E-state index is -0.127. The van der Waals surface area contributed by atoms with Crippen LogP contribution < -0.4 is 10.9 Å². The highest BCUT2D eigenvalue weighted by molar-refractivity contribution is 5.41. The highest BCUT2D eigenvalue weighted by Gasteiger charge is 2.18. The molecule has 1 heterocycles. The standard InChI is InChI=1S/C12H18N2O2/c1-14-8-10(4-7-12(14)16)13-9-2-5-11(15)6-3-9/h4,7-9,11,13,15H,2-3,5-6H2,1H3. The second-order valence-electron chi connectivity index (χ2n) is 4.52. The van der Waals surface area contributed by atoms with Crippen molar-refractivity contribution in [1.29, 1.82) is 0 Å². The van der Waals surface area contributed by atoms with Crippen LogP contribution in [0.1, 0.15) is 25.7 Å². The Labute approximate surface area is 94.9 Å². The molecule has 2 rings (SSSR count). The number of nitrogens with zero attached hydrogens (tertiary/aromatic N) is 1. The summed E-state index contributed by atoms with van der Waals surface area (Å²) in [5, 5.41) is 12.8. The lowest BCUT2D eigenvalue weighted by Crippen LogP contribution is -2.28. The lowest BCUT2D eigenvalue weighted by Gasteiger charge is -2.27. The summed E-state index contributed by atoms with van der Waals surface area (Å²) in [5.41, 5.74) is 0.980. The summed E-state index contributed by atoms with van der Waals surface area (Å²) in [6, 6.07) is 3.80. The van der Waals surface area contributed by atoms with E-state index in [1.54, 1.807) is 17.7 Å². The fourth-order valence-corrected chi connectivity index (χ4v) is 2.14. The number of aromatic nitrogens is 1. The van der Waals surface area contributed by atoms with Crippen molar-refractivity contribution in [3.8, 4) is 0 Å². The molecule has 0 bridgehead atoms. The van der Waals surface area contributed by atoms with Gasteiger partial charge in [0.25, 0.3) is 0 Å². The summed E-state index contributed by atoms with van der Waals surface area (Å²) >= 11 is 0. The molecule has 0 aliphatic heterocycles. The molecule has 0 atom stereocenters. The monoisotopic (exact) mass is 222 g/mol. The number of aryl methyl sites for hydroxylation is 1. The first-order chi connectivity index (χ1) is 7.65. The topological polar surface area (TPSA) is 54.3 Å². The summed E-state index contributed by atoms with van der Waals surface area (Å²) in [4.78, 5) is 11.2. The highest BCUT2D eigenvalue weighted by Crippen LogP contribution is 2.21. The molecule has 1 aliphatic carbocycles. The number of pyridine rings is 1. The van der Waals surface area contributed by atoms with Crippen LogP contribution in [0.3, 0.4) is 0 Å². The van der Waals surface area contributed by atoms with Gasteiger partial charge in [0.15, 0.2) is 0 Å². The summed E-state index contributed by atoms with van der Waals surface area (Å²) in [5.74, 6) is 0. The molecule has 0 unspecified atom stereocenters. The van der Waals surface area contributed by atoms with Gasteiger partial charge >= 0.3 is 0 Å². The lowest BCUT2D eigenvalue weighted by molar-refractivity contribution is 0.126. The van der Waals surface area contributed by atoms with E-state index in [1.807, 2.05) is 12.3 Å². The van der Waals surface area contributed by atoms with Crippen molar-refractivity contribution in [3.63, 3.8) is 0 Å². The van der Waals surface area contributed by atoms with Gasteiger partial charge in [0, 0.05) is 25.4 Å². The zero-order valence-electron chi connectivity index (χ0n) is 9.52. The Morgan fingerprint density at radius 2 is 2.00 bits per heavy atom. The molecule has 1 aromatic heterocycles. The van der Waals surface area contributed by atoms with Crippen molar-refractivity contribution in [2.45, 2.75) is 37.8 Å². The van der Waals surface area contributed by atoms with Gasteiger partial charge in [0.05, 0.1) is 11.8 Å². The molecular formula is C12H18N2O2. The van der Waals surface area contributed by atoms with Crippen molar-refractivity contribution < 1.29 is 5.11 Å². The van der Waals surface area contributed by atoms with Gasteiger partial charge < -0.3 is 15.0 Å². The predicted molar refractivity (Wildman–Crippen MR) is 63.6 cm³/mol. The second kappa shape index (κ2) is 4.70. The molecule has 0 spiro atoms. The number of hydrogen-bond acceptors (Lipinski definition) is 3. The van der Waals surface area contributed by atoms with Gasteiger partial charge in [-0.3, -0.25) is 4.79 Å². The Morgan fingerprint density at radius 3 is 2.62 bits per heavy atom. The van der Waals surface area contributed by atoms with E-state index in [0.29, 0.717) is 6.04 Å². The first-order valence-corrected chi connectivity index (χ1v) is 5.76. The molecule has 4 heteroatoms. The third-order valence-corrected chi connectivity index (χ3v) is 3.15. The van der Waals surface area contributed by atoms with Crippen LogP contribution in [0.15, 0.2) is 23.1 Å². The summed E-state index contributed by atoms with van der Waals surface area (Å²) in [7, 11) is 1.75. The summed E-state index contributed by atoms with van der Waals surface area (Å²) in [6.07, 6.45) is 5.40. The molecular weight excluding hydrogens is 204 g/mol. The first kappa shape index (κ1) is 11.2. The molecule has 0 radical (unpaired) electrons. The maximum Gasteiger partial charge on any atom is 0.250 e. The Morgan fingerprint density at radius 1 is 1.31 bits per heavy atom. The number of aliphatic hydroxyl groups is 1. The smallest absolute Gasteiger partial charge is 0.250 e. The summed E-state index contributed by atoms with van der Waals surface area (Å²) < 4.78 is 1.57. The second-order valence-corrected chi connectivity index (χ2v) is 4.52. The number of rotatable bonds is 2. The number of anilines is 1. The van der Waals surface area contributed by atoms with Crippen molar-refractivity contribution in [3.05, 3.63) is 28.7 Å². The van der Waals surface area contributed by atoms with E-state index >= 15 is 0 Å². The van der Waals surface area contributed by atoms with Gasteiger partial charge in [-0.15, -0.1) is 0 Å². The summed E-state index contributed by atoms with van der Waals surface area (Å²) in [6.45, 7) is 0. The lowest BCUT2D eigenvalue weighted by atomic mass is 9.93. The van der Waals surface area contributed by atoms with Crippen molar-refractivity contribution in [2.24, 2.45) is 7.05 Å². The van der Waals surface area contributed by atoms with Gasteiger partial charge in [0.2, 0.25) is 5.56 Å². The van der Waals surface area contributed by atoms with E-state index in [0.717, 1.165) is 31.4 Å². The van der Waals surface area contributed by atoms with Crippen LogP contribution in [0.2, 0.25) is 0 Å². The molecule has 2 N–H and O–H groups in total. The molecule has 0 aromatic carbocycles. The molecule has 4 nitrogen and oxygen atoms in total. The van der Waals surface area contributed by atoms with E-state index in [-0.39, 0.29) is 11.7 Å². The van der Waals surface area contributed by atoms with Crippen LogP contribution in [0.4, 0.5) is 5.69 Å². The van der Waals surface area contributed by atoms with Gasteiger partial charge in [-0.2, -0.15) is 0 Å². The van der Waals surface area contributed by atoms with Crippen molar-refractivity contribution >= 4 is 5.69 Å². The third-order valence-electron chi connectivity index (χ3n) is 3.15. The van der Waals surface area contributed by atoms with Crippen LogP contribution in [-0.4, -0.2) is 21.8 Å². The van der Waals surface area contributed by atoms with Gasteiger partial charge in [-0.05, 0) is 31.7 Å². The Balaban J connectivity index is 1.98. The quantitative estimate of drug-likeness (QED) is 0.788. The van der Waals surface area contributed by atoms with E-state index in [2.05, 4.69) is 5.32 Å². The molecule has 88 valence electrons. The molecule has 0 amide bonds. The van der Waals surface area contributed by atoms with E-state index in [9.17, 15) is 9.90 Å². The minimum Gasteiger partial charge on any atom is -0.393 e. The molecule has 1 aliphatic rings. The van der Waals surface area contributed by atoms with Crippen molar-refractivity contribution in [1.82, 2.24) is 4.57 Å². The maximum atomic E-state index is 11.2. The van der Waals surface area contributed by atoms with Crippen LogP contribution in [-0.2, 0) is 7.05 Å². The van der Waals surface area contributed by atoms with Crippen molar-refractivity contribution in [2.75, 3.05) is 5.32 Å². The van der Waals surface area contributed by atoms with Crippen LogP contribution in [0.25, 0.3) is 0 Å². The normalized spacial score (nSPS) is 25.4. The Hall–Kier alpha value is -1.29. The molecule has 16 heavy (non-hydrogen) atoms. The molecule has 1 saturated carbocycles. The van der Waals surface area contributed by atoms with Gasteiger partial charge in [0.1, 0.15) is 0 Å². The van der Waals surface area contributed by atoms with E-state index in [4.69, 9.17) is 0 Å². The van der Waals surface area contributed by atoms with E-state index < -0.39 is 0 Å².